The summed E-state index contributed by atoms with van der Waals surface area (Å²) in [5.74, 6) is 2.36. The van der Waals surface area contributed by atoms with Crippen molar-refractivity contribution in [2.75, 3.05) is 34.0 Å². The molecule has 0 aliphatic carbocycles. The van der Waals surface area contributed by atoms with Gasteiger partial charge < -0.3 is 23.7 Å². The second-order valence-corrected chi connectivity index (χ2v) is 8.47. The Hall–Kier alpha value is -3.92. The molecule has 0 saturated heterocycles. The SMILES string of the molecule is C=C(C)C(=O)OCCCCCCCCOc1ccc(OC/C=C(\C#N)c2ccc(OC)c(OC)c2)cc1. The van der Waals surface area contributed by atoms with Crippen LogP contribution in [0.4, 0.5) is 0 Å². The molecule has 0 N–H and O–H groups in total. The Morgan fingerprint density at radius 2 is 1.46 bits per heavy atom. The van der Waals surface area contributed by atoms with E-state index in [4.69, 9.17) is 23.7 Å². The van der Waals surface area contributed by atoms with Crippen LogP contribution in [0.15, 0.2) is 60.7 Å². The Morgan fingerprint density at radius 1 is 0.865 bits per heavy atom. The minimum absolute atomic E-state index is 0.258. The van der Waals surface area contributed by atoms with Crippen molar-refractivity contribution in [3.8, 4) is 29.1 Å². The van der Waals surface area contributed by atoms with Gasteiger partial charge in [0.05, 0.1) is 39.1 Å². The van der Waals surface area contributed by atoms with Gasteiger partial charge in [-0.2, -0.15) is 5.26 Å². The Bertz CT molecular complexity index is 1070. The number of esters is 1. The van der Waals surface area contributed by atoms with Crippen molar-refractivity contribution in [1.29, 1.82) is 5.26 Å². The van der Waals surface area contributed by atoms with E-state index < -0.39 is 0 Å². The monoisotopic (exact) mass is 507 g/mol. The maximum atomic E-state index is 11.3. The highest BCUT2D eigenvalue weighted by atomic mass is 16.5. The third kappa shape index (κ3) is 10.7. The van der Waals surface area contributed by atoms with Gasteiger partial charge in [-0.25, -0.2) is 4.79 Å². The number of hydrogen-bond acceptors (Lipinski definition) is 7. The predicted molar refractivity (Wildman–Crippen MR) is 144 cm³/mol. The van der Waals surface area contributed by atoms with Crippen LogP contribution in [0, 0.1) is 11.3 Å². The predicted octanol–water partition coefficient (Wildman–Crippen LogP) is 6.53. The quantitative estimate of drug-likeness (QED) is 0.104. The first kappa shape index (κ1) is 29.3. The number of ether oxygens (including phenoxy) is 5. The molecular formula is C30H37NO6. The van der Waals surface area contributed by atoms with Gasteiger partial charge in [0.25, 0.3) is 0 Å². The maximum Gasteiger partial charge on any atom is 0.333 e. The first-order valence-corrected chi connectivity index (χ1v) is 12.5. The fourth-order valence-corrected chi connectivity index (χ4v) is 3.47. The Morgan fingerprint density at radius 3 is 2.05 bits per heavy atom. The first-order valence-electron chi connectivity index (χ1n) is 12.5. The average Bonchev–Trinajstić information content (AvgIpc) is 2.92. The van der Waals surface area contributed by atoms with Crippen LogP contribution in [-0.4, -0.2) is 40.0 Å². The minimum Gasteiger partial charge on any atom is -0.494 e. The normalized spacial score (nSPS) is 10.8. The van der Waals surface area contributed by atoms with Crippen molar-refractivity contribution in [3.05, 3.63) is 66.3 Å². The molecule has 0 amide bonds. The molecule has 2 aromatic rings. The summed E-state index contributed by atoms with van der Waals surface area (Å²) in [7, 11) is 3.13. The number of nitrogens with zero attached hydrogens (tertiary/aromatic N) is 1. The number of methoxy groups -OCH3 is 2. The van der Waals surface area contributed by atoms with Gasteiger partial charge in [0.2, 0.25) is 0 Å². The topological polar surface area (TPSA) is 87.0 Å². The van der Waals surface area contributed by atoms with E-state index in [0.29, 0.717) is 41.6 Å². The van der Waals surface area contributed by atoms with Gasteiger partial charge in [0.15, 0.2) is 11.5 Å². The second kappa shape index (κ2) is 16.7. The molecule has 2 aromatic carbocycles. The van der Waals surface area contributed by atoms with Crippen molar-refractivity contribution in [1.82, 2.24) is 0 Å². The summed E-state index contributed by atoms with van der Waals surface area (Å²) in [6.07, 6.45) is 8.00. The van der Waals surface area contributed by atoms with Gasteiger partial charge in [-0.15, -0.1) is 0 Å². The maximum absolute atomic E-state index is 11.3. The molecule has 0 bridgehead atoms. The van der Waals surface area contributed by atoms with Gasteiger partial charge in [-0.1, -0.05) is 32.3 Å². The van der Waals surface area contributed by atoms with Crippen molar-refractivity contribution in [3.63, 3.8) is 0 Å². The molecule has 0 heterocycles. The van der Waals surface area contributed by atoms with Gasteiger partial charge in [-0.05, 0) is 73.9 Å². The molecule has 198 valence electrons. The number of nitriles is 1. The third-order valence-corrected chi connectivity index (χ3v) is 5.57. The number of allylic oxidation sites excluding steroid dienone is 1. The van der Waals surface area contributed by atoms with Gasteiger partial charge in [-0.3, -0.25) is 0 Å². The molecule has 0 aliphatic rings. The summed E-state index contributed by atoms with van der Waals surface area (Å²) in [5.41, 5.74) is 1.67. The molecule has 0 fully saturated rings. The average molecular weight is 508 g/mol. The highest BCUT2D eigenvalue weighted by molar-refractivity contribution is 5.86. The Balaban J connectivity index is 1.64. The summed E-state index contributed by atoms with van der Waals surface area (Å²) in [5, 5.41) is 9.54. The standard InChI is InChI=1S/C30H37NO6/c1-23(2)30(32)37-19-10-8-6-5-7-9-18-35-26-12-14-27(15-13-26)36-20-17-25(22-31)24-11-16-28(33-3)29(21-24)34-4/h11-17,21H,1,5-10,18-20H2,2-4H3/b25-17+. The van der Waals surface area contributed by atoms with Crippen LogP contribution >= 0.6 is 0 Å². The van der Waals surface area contributed by atoms with Crippen LogP contribution in [0.25, 0.3) is 5.57 Å². The summed E-state index contributed by atoms with van der Waals surface area (Å²) in [4.78, 5) is 11.3. The van der Waals surface area contributed by atoms with Crippen LogP contribution in [-0.2, 0) is 9.53 Å². The van der Waals surface area contributed by atoms with Crippen molar-refractivity contribution >= 4 is 11.5 Å². The lowest BCUT2D eigenvalue weighted by atomic mass is 10.1. The minimum atomic E-state index is -0.312. The molecule has 0 radical (unpaired) electrons. The van der Waals surface area contributed by atoms with E-state index in [1.807, 2.05) is 30.3 Å². The van der Waals surface area contributed by atoms with Crippen molar-refractivity contribution in [2.45, 2.75) is 45.4 Å². The summed E-state index contributed by atoms with van der Waals surface area (Å²) in [6, 6.07) is 15.0. The summed E-state index contributed by atoms with van der Waals surface area (Å²) in [6.45, 7) is 6.60. The van der Waals surface area contributed by atoms with E-state index in [2.05, 4.69) is 12.6 Å². The Labute approximate surface area is 220 Å². The molecule has 2 rings (SSSR count). The zero-order chi connectivity index (χ0) is 26.9. The number of carbonyl (C=O) groups is 1. The molecule has 0 aliphatic heterocycles. The van der Waals surface area contributed by atoms with Crippen LogP contribution in [0.2, 0.25) is 0 Å². The summed E-state index contributed by atoms with van der Waals surface area (Å²) >= 11 is 0. The van der Waals surface area contributed by atoms with Crippen LogP contribution in [0.3, 0.4) is 0 Å². The number of hydrogen-bond donors (Lipinski definition) is 0. The third-order valence-electron chi connectivity index (χ3n) is 5.57. The molecule has 37 heavy (non-hydrogen) atoms. The smallest absolute Gasteiger partial charge is 0.333 e. The molecule has 0 saturated carbocycles. The van der Waals surface area contributed by atoms with E-state index in [-0.39, 0.29) is 12.6 Å². The molecule has 0 atom stereocenters. The van der Waals surface area contributed by atoms with E-state index >= 15 is 0 Å². The Kier molecular flexibility index (Phi) is 13.2. The summed E-state index contributed by atoms with van der Waals surface area (Å²) < 4.78 is 27.2. The largest absolute Gasteiger partial charge is 0.494 e. The molecule has 0 unspecified atom stereocenters. The van der Waals surface area contributed by atoms with Crippen LogP contribution < -0.4 is 18.9 Å². The number of carbonyl (C=O) groups excluding carboxylic acids is 1. The zero-order valence-corrected chi connectivity index (χ0v) is 22.1. The number of benzene rings is 2. The molecule has 7 nitrogen and oxygen atoms in total. The molecular weight excluding hydrogens is 470 g/mol. The van der Waals surface area contributed by atoms with Crippen molar-refractivity contribution in [2.24, 2.45) is 0 Å². The highest BCUT2D eigenvalue weighted by Crippen LogP contribution is 2.30. The second-order valence-electron chi connectivity index (χ2n) is 8.47. The van der Waals surface area contributed by atoms with Crippen LogP contribution in [0.1, 0.15) is 51.0 Å². The lowest BCUT2D eigenvalue weighted by molar-refractivity contribution is -0.139. The van der Waals surface area contributed by atoms with E-state index in [1.54, 1.807) is 39.4 Å². The first-order chi connectivity index (χ1) is 18.0. The molecule has 7 heteroatoms. The fraction of sp³-hybridized carbons (Fsp3) is 0.400. The molecule has 0 aromatic heterocycles. The van der Waals surface area contributed by atoms with E-state index in [1.165, 1.54) is 0 Å². The molecule has 0 spiro atoms. The van der Waals surface area contributed by atoms with Gasteiger partial charge in [0.1, 0.15) is 18.1 Å². The number of rotatable bonds is 17. The van der Waals surface area contributed by atoms with E-state index in [0.717, 1.165) is 49.8 Å². The fourth-order valence-electron chi connectivity index (χ4n) is 3.47. The lowest BCUT2D eigenvalue weighted by Gasteiger charge is -2.10. The van der Waals surface area contributed by atoms with Crippen molar-refractivity contribution < 1.29 is 28.5 Å². The van der Waals surface area contributed by atoms with Gasteiger partial charge in [0, 0.05) is 5.57 Å². The van der Waals surface area contributed by atoms with E-state index in [9.17, 15) is 10.1 Å². The lowest BCUT2D eigenvalue weighted by Crippen LogP contribution is -2.06. The number of unbranched alkanes of at least 4 members (excludes halogenated alkanes) is 5. The highest BCUT2D eigenvalue weighted by Gasteiger charge is 2.08. The van der Waals surface area contributed by atoms with Crippen LogP contribution in [0.5, 0.6) is 23.0 Å². The zero-order valence-electron chi connectivity index (χ0n) is 22.1. The van der Waals surface area contributed by atoms with Gasteiger partial charge >= 0.3 is 5.97 Å².